The number of piperidine rings is 1. The third-order valence-corrected chi connectivity index (χ3v) is 2.85. The number of hydrogen-bond donors (Lipinski definition) is 1. The van der Waals surface area contributed by atoms with Gasteiger partial charge >= 0.3 is 0 Å². The Morgan fingerprint density at radius 3 is 3.00 bits per heavy atom. The minimum atomic E-state index is 0.264. The lowest BCUT2D eigenvalue weighted by molar-refractivity contribution is -0.133. The van der Waals surface area contributed by atoms with Gasteiger partial charge < -0.3 is 4.90 Å². The Kier molecular flexibility index (Phi) is 2.51. The van der Waals surface area contributed by atoms with Crippen LogP contribution >= 0.6 is 0 Å². The summed E-state index contributed by atoms with van der Waals surface area (Å²) in [5.74, 6) is 0.264. The first-order valence-electron chi connectivity index (χ1n) is 5.01. The molecule has 13 heavy (non-hydrogen) atoms. The van der Waals surface area contributed by atoms with E-state index in [0.717, 1.165) is 19.5 Å². The van der Waals surface area contributed by atoms with Crippen LogP contribution < -0.4 is 5.43 Å². The van der Waals surface area contributed by atoms with E-state index in [-0.39, 0.29) is 5.91 Å². The van der Waals surface area contributed by atoms with Gasteiger partial charge in [0.15, 0.2) is 0 Å². The maximum Gasteiger partial charge on any atom is 0.238 e. The van der Waals surface area contributed by atoms with Gasteiger partial charge in [-0.15, -0.1) is 0 Å². The van der Waals surface area contributed by atoms with Gasteiger partial charge in [-0.25, -0.2) is 5.43 Å². The molecule has 2 rings (SSSR count). The van der Waals surface area contributed by atoms with Crippen LogP contribution in [-0.2, 0) is 4.79 Å². The summed E-state index contributed by atoms with van der Waals surface area (Å²) in [5.41, 5.74) is 3.15. The monoisotopic (exact) mass is 183 g/mol. The highest BCUT2D eigenvalue weighted by molar-refractivity contribution is 5.77. The second-order valence-electron chi connectivity index (χ2n) is 3.98. The number of likely N-dealkylation sites (tertiary alicyclic amines) is 1. The Morgan fingerprint density at radius 1 is 1.54 bits per heavy atom. The number of carbonyl (C=O) groups excluding carboxylic acids is 1. The van der Waals surface area contributed by atoms with Crippen molar-refractivity contribution in [1.29, 1.82) is 0 Å². The molecule has 0 aliphatic carbocycles. The summed E-state index contributed by atoms with van der Waals surface area (Å²) < 4.78 is 0. The van der Waals surface area contributed by atoms with Crippen molar-refractivity contribution in [2.24, 2.45) is 0 Å². The molecule has 0 bridgehead atoms. The zero-order valence-corrected chi connectivity index (χ0v) is 8.12. The van der Waals surface area contributed by atoms with Crippen LogP contribution in [0.25, 0.3) is 0 Å². The van der Waals surface area contributed by atoms with Crippen molar-refractivity contribution in [2.75, 3.05) is 26.7 Å². The van der Waals surface area contributed by atoms with Crippen LogP contribution in [0.5, 0.6) is 0 Å². The fourth-order valence-corrected chi connectivity index (χ4v) is 2.17. The standard InChI is InChI=1S/C9H17N3O/c1-11-6-2-3-8(7-11)12-9(13)4-5-10-12/h8,10H,2-7H2,1H3. The molecule has 2 fully saturated rings. The van der Waals surface area contributed by atoms with E-state index in [9.17, 15) is 4.79 Å². The van der Waals surface area contributed by atoms with E-state index < -0.39 is 0 Å². The number of rotatable bonds is 1. The van der Waals surface area contributed by atoms with Gasteiger partial charge in [0.25, 0.3) is 0 Å². The zero-order chi connectivity index (χ0) is 9.26. The molecule has 0 radical (unpaired) electrons. The number of hydrazine groups is 1. The zero-order valence-electron chi connectivity index (χ0n) is 8.12. The Labute approximate surface area is 78.8 Å². The smallest absolute Gasteiger partial charge is 0.238 e. The average molecular weight is 183 g/mol. The van der Waals surface area contributed by atoms with Gasteiger partial charge in [-0.2, -0.15) is 0 Å². The molecule has 0 spiro atoms. The summed E-state index contributed by atoms with van der Waals surface area (Å²) in [7, 11) is 2.12. The van der Waals surface area contributed by atoms with E-state index in [1.54, 1.807) is 0 Å². The van der Waals surface area contributed by atoms with Gasteiger partial charge in [-0.05, 0) is 26.4 Å². The molecule has 74 valence electrons. The highest BCUT2D eigenvalue weighted by Crippen LogP contribution is 2.15. The predicted molar refractivity (Wildman–Crippen MR) is 50.0 cm³/mol. The number of nitrogens with one attached hydrogen (secondary N) is 1. The summed E-state index contributed by atoms with van der Waals surface area (Å²) in [6, 6.07) is 0.397. The fraction of sp³-hybridized carbons (Fsp3) is 0.889. The van der Waals surface area contributed by atoms with Gasteiger partial charge in [0, 0.05) is 19.5 Å². The number of carbonyl (C=O) groups is 1. The molecule has 0 aromatic heterocycles. The van der Waals surface area contributed by atoms with E-state index in [4.69, 9.17) is 0 Å². The molecule has 1 N–H and O–H groups in total. The summed E-state index contributed by atoms with van der Waals surface area (Å²) in [6.45, 7) is 3.00. The van der Waals surface area contributed by atoms with Crippen molar-refractivity contribution < 1.29 is 4.79 Å². The Balaban J connectivity index is 1.95. The average Bonchev–Trinajstić information content (AvgIpc) is 2.51. The van der Waals surface area contributed by atoms with E-state index in [1.165, 1.54) is 13.0 Å². The number of likely N-dealkylation sites (N-methyl/N-ethyl adjacent to an activating group) is 1. The van der Waals surface area contributed by atoms with Gasteiger partial charge in [0.05, 0.1) is 6.04 Å². The van der Waals surface area contributed by atoms with Gasteiger partial charge in [-0.3, -0.25) is 9.80 Å². The Morgan fingerprint density at radius 2 is 2.38 bits per heavy atom. The lowest BCUT2D eigenvalue weighted by atomic mass is 10.1. The summed E-state index contributed by atoms with van der Waals surface area (Å²) in [6.07, 6.45) is 3.01. The summed E-state index contributed by atoms with van der Waals surface area (Å²) >= 11 is 0. The third kappa shape index (κ3) is 1.84. The molecule has 2 aliphatic rings. The number of amides is 1. The topological polar surface area (TPSA) is 35.6 Å². The van der Waals surface area contributed by atoms with Crippen molar-refractivity contribution in [1.82, 2.24) is 15.3 Å². The fourth-order valence-electron chi connectivity index (χ4n) is 2.17. The SMILES string of the molecule is CN1CCCC(N2NCCC2=O)C1. The molecule has 4 heteroatoms. The molecule has 2 heterocycles. The highest BCUT2D eigenvalue weighted by atomic mass is 16.2. The lowest BCUT2D eigenvalue weighted by Gasteiger charge is -2.35. The van der Waals surface area contributed by atoms with E-state index in [2.05, 4.69) is 17.4 Å². The van der Waals surface area contributed by atoms with Gasteiger partial charge in [0.1, 0.15) is 0 Å². The molecule has 1 atom stereocenters. The molecule has 1 amide bonds. The maximum atomic E-state index is 11.4. The van der Waals surface area contributed by atoms with Crippen molar-refractivity contribution in [2.45, 2.75) is 25.3 Å². The predicted octanol–water partition coefficient (Wildman–Crippen LogP) is -0.183. The first-order valence-corrected chi connectivity index (χ1v) is 5.01. The van der Waals surface area contributed by atoms with Crippen LogP contribution in [0, 0.1) is 0 Å². The minimum Gasteiger partial charge on any atom is -0.304 e. The second kappa shape index (κ2) is 3.64. The highest BCUT2D eigenvalue weighted by Gasteiger charge is 2.30. The second-order valence-corrected chi connectivity index (χ2v) is 3.98. The van der Waals surface area contributed by atoms with Crippen LogP contribution in [0.4, 0.5) is 0 Å². The van der Waals surface area contributed by atoms with E-state index in [0.29, 0.717) is 12.5 Å². The van der Waals surface area contributed by atoms with Crippen LogP contribution in [0.15, 0.2) is 0 Å². The van der Waals surface area contributed by atoms with Crippen LogP contribution in [-0.4, -0.2) is 48.5 Å². The molecule has 2 aliphatic heterocycles. The van der Waals surface area contributed by atoms with Crippen LogP contribution in [0.3, 0.4) is 0 Å². The van der Waals surface area contributed by atoms with Crippen molar-refractivity contribution in [3.8, 4) is 0 Å². The van der Waals surface area contributed by atoms with Crippen molar-refractivity contribution in [3.05, 3.63) is 0 Å². The van der Waals surface area contributed by atoms with Gasteiger partial charge in [0.2, 0.25) is 5.91 Å². The molecule has 2 saturated heterocycles. The molecule has 0 saturated carbocycles. The quantitative estimate of drug-likeness (QED) is 0.612. The maximum absolute atomic E-state index is 11.4. The normalized spacial score (nSPS) is 31.3. The van der Waals surface area contributed by atoms with Crippen LogP contribution in [0.2, 0.25) is 0 Å². The largest absolute Gasteiger partial charge is 0.304 e. The van der Waals surface area contributed by atoms with Gasteiger partial charge in [-0.1, -0.05) is 0 Å². The molecule has 1 unspecified atom stereocenters. The number of nitrogens with zero attached hydrogens (tertiary/aromatic N) is 2. The van der Waals surface area contributed by atoms with E-state index >= 15 is 0 Å². The first kappa shape index (κ1) is 8.97. The molecule has 0 aromatic rings. The molecule has 0 aromatic carbocycles. The van der Waals surface area contributed by atoms with E-state index in [1.807, 2.05) is 5.01 Å². The Hall–Kier alpha value is -0.610. The number of hydrogen-bond acceptors (Lipinski definition) is 3. The van der Waals surface area contributed by atoms with Crippen molar-refractivity contribution >= 4 is 5.91 Å². The summed E-state index contributed by atoms with van der Waals surface area (Å²) in [5, 5.41) is 1.84. The third-order valence-electron chi connectivity index (χ3n) is 2.85. The summed E-state index contributed by atoms with van der Waals surface area (Å²) in [4.78, 5) is 13.7. The molecule has 4 nitrogen and oxygen atoms in total. The lowest BCUT2D eigenvalue weighted by Crippen LogP contribution is -2.51. The minimum absolute atomic E-state index is 0.264. The molecular weight excluding hydrogens is 166 g/mol. The Bertz CT molecular complexity index is 207. The molecular formula is C9H17N3O. The van der Waals surface area contributed by atoms with Crippen molar-refractivity contribution in [3.63, 3.8) is 0 Å². The van der Waals surface area contributed by atoms with Crippen LogP contribution in [0.1, 0.15) is 19.3 Å². The first-order chi connectivity index (χ1) is 6.27.